The van der Waals surface area contributed by atoms with Gasteiger partial charge in [0.15, 0.2) is 0 Å². The molecule has 6 nitrogen and oxygen atoms in total. The van der Waals surface area contributed by atoms with Gasteiger partial charge >= 0.3 is 5.82 Å². The molecule has 0 aliphatic heterocycles. The quantitative estimate of drug-likeness (QED) is 0.644. The van der Waals surface area contributed by atoms with Crippen LogP contribution in [0.2, 0.25) is 0 Å². The molecule has 0 bridgehead atoms. The van der Waals surface area contributed by atoms with Gasteiger partial charge in [-0.3, -0.25) is 0 Å². The smallest absolute Gasteiger partial charge is 0.386 e. The monoisotopic (exact) mass is 265 g/mol. The molecule has 0 aromatic carbocycles. The zero-order valence-corrected chi connectivity index (χ0v) is 11.0. The highest BCUT2D eigenvalue weighted by Gasteiger charge is 2.32. The van der Waals surface area contributed by atoms with Crippen molar-refractivity contribution >= 4 is 11.5 Å². The van der Waals surface area contributed by atoms with Gasteiger partial charge in [0.25, 0.3) is 0 Å². The number of aromatic nitrogens is 1. The summed E-state index contributed by atoms with van der Waals surface area (Å²) in [5.41, 5.74) is -0.416. The van der Waals surface area contributed by atoms with Crippen LogP contribution in [-0.4, -0.2) is 27.2 Å². The molecule has 2 rings (SSSR count). The van der Waals surface area contributed by atoms with E-state index in [1.807, 2.05) is 0 Å². The summed E-state index contributed by atoms with van der Waals surface area (Å²) in [5.74, 6) is 0.291. The van der Waals surface area contributed by atoms with Crippen molar-refractivity contribution in [1.29, 1.82) is 0 Å². The molecular weight excluding hydrogens is 246 g/mol. The Morgan fingerprint density at radius 1 is 1.68 bits per heavy atom. The fraction of sp³-hybridized carbons (Fsp3) is 0.615. The van der Waals surface area contributed by atoms with E-state index in [2.05, 4.69) is 17.2 Å². The lowest BCUT2D eigenvalue weighted by Gasteiger charge is -2.35. The van der Waals surface area contributed by atoms with Crippen molar-refractivity contribution in [1.82, 2.24) is 4.98 Å². The van der Waals surface area contributed by atoms with Crippen LogP contribution in [0.5, 0.6) is 0 Å². The summed E-state index contributed by atoms with van der Waals surface area (Å²) in [4.78, 5) is 14.1. The Kier molecular flexibility index (Phi) is 3.99. The van der Waals surface area contributed by atoms with E-state index >= 15 is 0 Å². The summed E-state index contributed by atoms with van der Waals surface area (Å²) in [6.45, 7) is 2.44. The number of nitrogens with one attached hydrogen (secondary N) is 1. The molecule has 0 saturated heterocycles. The van der Waals surface area contributed by atoms with E-state index in [1.54, 1.807) is 12.1 Å². The molecule has 6 heteroatoms. The van der Waals surface area contributed by atoms with Crippen molar-refractivity contribution in [2.24, 2.45) is 5.92 Å². The van der Waals surface area contributed by atoms with Crippen molar-refractivity contribution in [3.05, 3.63) is 28.4 Å². The molecule has 1 fully saturated rings. The van der Waals surface area contributed by atoms with Crippen LogP contribution in [0.15, 0.2) is 18.3 Å². The second kappa shape index (κ2) is 5.52. The molecule has 19 heavy (non-hydrogen) atoms. The number of aliphatic hydroxyl groups is 1. The standard InChI is InChI=1S/C13H19N3O3/c1-10-4-2-6-13(17,8-10)9-15-11-5-3-7-14-12(11)16(18)19/h3,5,7,10,15,17H,2,4,6,8-9H2,1H3. The van der Waals surface area contributed by atoms with Gasteiger partial charge in [0, 0.05) is 6.54 Å². The highest BCUT2D eigenvalue weighted by atomic mass is 16.6. The molecule has 1 aliphatic carbocycles. The predicted molar refractivity (Wildman–Crippen MR) is 72.0 cm³/mol. The number of nitro groups is 1. The number of hydrogen-bond donors (Lipinski definition) is 2. The number of anilines is 1. The molecule has 1 saturated carbocycles. The van der Waals surface area contributed by atoms with Crippen LogP contribution in [0.25, 0.3) is 0 Å². The summed E-state index contributed by atoms with van der Waals surface area (Å²) in [5, 5.41) is 24.3. The zero-order chi connectivity index (χ0) is 13.9. The topological polar surface area (TPSA) is 88.3 Å². The maximum absolute atomic E-state index is 10.8. The highest BCUT2D eigenvalue weighted by molar-refractivity contribution is 5.56. The maximum Gasteiger partial charge on any atom is 0.386 e. The van der Waals surface area contributed by atoms with Crippen LogP contribution < -0.4 is 5.32 Å². The van der Waals surface area contributed by atoms with Crippen molar-refractivity contribution in [3.63, 3.8) is 0 Å². The van der Waals surface area contributed by atoms with E-state index in [1.165, 1.54) is 6.20 Å². The van der Waals surface area contributed by atoms with Crippen LogP contribution in [0, 0.1) is 16.0 Å². The van der Waals surface area contributed by atoms with Crippen LogP contribution in [0.4, 0.5) is 11.5 Å². The van der Waals surface area contributed by atoms with Gasteiger partial charge in [0.2, 0.25) is 0 Å². The maximum atomic E-state index is 10.8. The first-order valence-corrected chi connectivity index (χ1v) is 6.56. The van der Waals surface area contributed by atoms with E-state index in [4.69, 9.17) is 0 Å². The van der Waals surface area contributed by atoms with E-state index in [0.717, 1.165) is 25.7 Å². The third-order valence-corrected chi connectivity index (χ3v) is 3.63. The minimum Gasteiger partial charge on any atom is -0.388 e. The van der Waals surface area contributed by atoms with Gasteiger partial charge < -0.3 is 20.5 Å². The molecule has 1 aromatic rings. The fourth-order valence-electron chi connectivity index (χ4n) is 2.73. The third-order valence-electron chi connectivity index (χ3n) is 3.63. The van der Waals surface area contributed by atoms with E-state index in [9.17, 15) is 15.2 Å². The number of nitrogens with zero attached hydrogens (tertiary/aromatic N) is 2. The van der Waals surface area contributed by atoms with Gasteiger partial charge in [-0.15, -0.1) is 0 Å². The number of hydrogen-bond acceptors (Lipinski definition) is 5. The molecule has 1 heterocycles. The number of rotatable bonds is 4. The molecule has 0 amide bonds. The predicted octanol–water partition coefficient (Wildman–Crippen LogP) is 2.34. The summed E-state index contributed by atoms with van der Waals surface area (Å²) < 4.78 is 0. The Labute approximate surface area is 112 Å². The van der Waals surface area contributed by atoms with E-state index in [0.29, 0.717) is 18.2 Å². The SMILES string of the molecule is CC1CCCC(O)(CNc2cccnc2[N+](=O)[O-])C1. The van der Waals surface area contributed by atoms with Gasteiger partial charge in [-0.25, -0.2) is 0 Å². The second-order valence-electron chi connectivity index (χ2n) is 5.41. The molecule has 0 radical (unpaired) electrons. The summed E-state index contributed by atoms with van der Waals surface area (Å²) in [7, 11) is 0. The normalized spacial score (nSPS) is 26.9. The Bertz CT molecular complexity index is 466. The van der Waals surface area contributed by atoms with E-state index < -0.39 is 10.5 Å². The van der Waals surface area contributed by atoms with Gasteiger partial charge in [0.05, 0.1) is 5.60 Å². The highest BCUT2D eigenvalue weighted by Crippen LogP contribution is 2.33. The van der Waals surface area contributed by atoms with Crippen LogP contribution in [0.3, 0.4) is 0 Å². The fourth-order valence-corrected chi connectivity index (χ4v) is 2.73. The first kappa shape index (κ1) is 13.7. The second-order valence-corrected chi connectivity index (χ2v) is 5.41. The lowest BCUT2D eigenvalue weighted by atomic mass is 9.79. The average Bonchev–Trinajstić information content (AvgIpc) is 2.36. The minimum atomic E-state index is -0.776. The lowest BCUT2D eigenvalue weighted by molar-refractivity contribution is -0.388. The first-order valence-electron chi connectivity index (χ1n) is 6.56. The molecule has 2 N–H and O–H groups in total. The zero-order valence-electron chi connectivity index (χ0n) is 11.0. The van der Waals surface area contributed by atoms with Gasteiger partial charge in [-0.2, -0.15) is 0 Å². The third kappa shape index (κ3) is 3.41. The van der Waals surface area contributed by atoms with E-state index in [-0.39, 0.29) is 5.82 Å². The Balaban J connectivity index is 2.04. The molecule has 2 atom stereocenters. The first-order chi connectivity index (χ1) is 9.00. The lowest BCUT2D eigenvalue weighted by Crippen LogP contribution is -2.41. The largest absolute Gasteiger partial charge is 0.388 e. The Morgan fingerprint density at radius 3 is 3.16 bits per heavy atom. The summed E-state index contributed by atoms with van der Waals surface area (Å²) >= 11 is 0. The molecule has 104 valence electrons. The van der Waals surface area contributed by atoms with Crippen molar-refractivity contribution in [2.75, 3.05) is 11.9 Å². The van der Waals surface area contributed by atoms with Crippen molar-refractivity contribution in [2.45, 2.75) is 38.2 Å². The van der Waals surface area contributed by atoms with Crippen molar-refractivity contribution < 1.29 is 10.0 Å². The minimum absolute atomic E-state index is 0.199. The van der Waals surface area contributed by atoms with Crippen LogP contribution in [-0.2, 0) is 0 Å². The van der Waals surface area contributed by atoms with Gasteiger partial charge in [-0.1, -0.05) is 19.8 Å². The van der Waals surface area contributed by atoms with Crippen molar-refractivity contribution in [3.8, 4) is 0 Å². The Morgan fingerprint density at radius 2 is 2.47 bits per heavy atom. The molecular formula is C13H19N3O3. The van der Waals surface area contributed by atoms with Gasteiger partial charge in [0.1, 0.15) is 11.9 Å². The average molecular weight is 265 g/mol. The summed E-state index contributed by atoms with van der Waals surface area (Å²) in [6, 6.07) is 3.25. The molecule has 0 spiro atoms. The number of pyridine rings is 1. The molecule has 1 aliphatic rings. The summed E-state index contributed by atoms with van der Waals surface area (Å²) in [6.07, 6.45) is 4.98. The molecule has 1 aromatic heterocycles. The molecule has 2 unspecified atom stereocenters. The Hall–Kier alpha value is -1.69. The van der Waals surface area contributed by atoms with Crippen LogP contribution in [0.1, 0.15) is 32.6 Å². The van der Waals surface area contributed by atoms with Gasteiger partial charge in [-0.05, 0) is 40.8 Å². The van der Waals surface area contributed by atoms with Crippen LogP contribution >= 0.6 is 0 Å².